The fraction of sp³-hybridized carbons (Fsp3) is 0.333. The summed E-state index contributed by atoms with van der Waals surface area (Å²) in [4.78, 5) is 0. The molecule has 0 saturated heterocycles. The Hall–Kier alpha value is -1.14. The number of hydrogen-bond acceptors (Lipinski definition) is 3. The monoisotopic (exact) mass is 254 g/mol. The Morgan fingerprint density at radius 1 is 1.44 bits per heavy atom. The molecule has 3 nitrogen and oxygen atoms in total. The van der Waals surface area contributed by atoms with Crippen LogP contribution in [0.2, 0.25) is 5.02 Å². The van der Waals surface area contributed by atoms with Crippen molar-refractivity contribution in [1.29, 1.82) is 0 Å². The highest BCUT2D eigenvalue weighted by Crippen LogP contribution is 2.25. The molecule has 0 bridgehead atoms. The number of halogens is 4. The molecule has 0 amide bonds. The number of anilines is 2. The molecule has 1 rings (SSSR count). The summed E-state index contributed by atoms with van der Waals surface area (Å²) in [5.74, 6) is 0. The summed E-state index contributed by atoms with van der Waals surface area (Å²) in [6, 6.07) is 4.35. The van der Waals surface area contributed by atoms with Gasteiger partial charge < -0.3 is 16.2 Å². The van der Waals surface area contributed by atoms with Gasteiger partial charge in [-0.15, -0.1) is 0 Å². The van der Waals surface area contributed by atoms with Crippen LogP contribution in [0.5, 0.6) is 0 Å². The molecule has 1 aromatic carbocycles. The zero-order valence-corrected chi connectivity index (χ0v) is 8.81. The van der Waals surface area contributed by atoms with Gasteiger partial charge in [-0.25, -0.2) is 0 Å². The highest BCUT2D eigenvalue weighted by Gasteiger charge is 2.37. The Bertz CT molecular complexity index is 370. The van der Waals surface area contributed by atoms with E-state index in [1.54, 1.807) is 0 Å². The largest absolute Gasteiger partial charge is 0.416 e. The van der Waals surface area contributed by atoms with E-state index in [2.05, 4.69) is 5.32 Å². The van der Waals surface area contributed by atoms with Gasteiger partial charge in [-0.1, -0.05) is 11.6 Å². The smallest absolute Gasteiger partial charge is 0.399 e. The van der Waals surface area contributed by atoms with Gasteiger partial charge in [0, 0.05) is 12.2 Å². The van der Waals surface area contributed by atoms with Crippen LogP contribution in [0, 0.1) is 0 Å². The first-order valence-electron chi connectivity index (χ1n) is 4.34. The second-order valence-corrected chi connectivity index (χ2v) is 3.58. The van der Waals surface area contributed by atoms with Crippen molar-refractivity contribution in [2.75, 3.05) is 17.6 Å². The Morgan fingerprint density at radius 3 is 2.56 bits per heavy atom. The first-order chi connectivity index (χ1) is 7.30. The normalized spacial score (nSPS) is 13.6. The summed E-state index contributed by atoms with van der Waals surface area (Å²) in [5, 5.41) is 11.3. The molecule has 1 unspecified atom stereocenters. The lowest BCUT2D eigenvalue weighted by atomic mass is 10.2. The van der Waals surface area contributed by atoms with E-state index in [1.165, 1.54) is 18.2 Å². The van der Waals surface area contributed by atoms with Gasteiger partial charge in [0.15, 0.2) is 6.10 Å². The summed E-state index contributed by atoms with van der Waals surface area (Å²) in [5.41, 5.74) is 6.11. The second kappa shape index (κ2) is 4.80. The van der Waals surface area contributed by atoms with Crippen molar-refractivity contribution in [3.8, 4) is 0 Å². The maximum Gasteiger partial charge on any atom is 0.416 e. The number of benzene rings is 1. The molecular formula is C9H10ClF3N2O. The number of alkyl halides is 3. The topological polar surface area (TPSA) is 58.3 Å². The summed E-state index contributed by atoms with van der Waals surface area (Å²) in [7, 11) is 0. The SMILES string of the molecule is Nc1ccc(NCC(O)C(F)(F)F)c(Cl)c1. The number of nitrogens with one attached hydrogen (secondary N) is 1. The van der Waals surface area contributed by atoms with E-state index in [1.807, 2.05) is 0 Å². The molecule has 16 heavy (non-hydrogen) atoms. The molecule has 0 aliphatic carbocycles. The summed E-state index contributed by atoms with van der Waals surface area (Å²) in [6.07, 6.45) is -7.08. The van der Waals surface area contributed by atoms with Crippen molar-refractivity contribution < 1.29 is 18.3 Å². The Kier molecular flexibility index (Phi) is 3.88. The van der Waals surface area contributed by atoms with E-state index >= 15 is 0 Å². The van der Waals surface area contributed by atoms with Crippen LogP contribution in [0.1, 0.15) is 0 Å². The zero-order valence-electron chi connectivity index (χ0n) is 8.05. The first-order valence-corrected chi connectivity index (χ1v) is 4.72. The molecule has 0 aliphatic heterocycles. The van der Waals surface area contributed by atoms with Gasteiger partial charge in [-0.3, -0.25) is 0 Å². The molecular weight excluding hydrogens is 245 g/mol. The molecule has 0 saturated carbocycles. The predicted molar refractivity (Wildman–Crippen MR) is 56.4 cm³/mol. The van der Waals surface area contributed by atoms with Crippen LogP contribution in [0.25, 0.3) is 0 Å². The molecule has 0 heterocycles. The molecule has 0 fully saturated rings. The minimum absolute atomic E-state index is 0.203. The van der Waals surface area contributed by atoms with Crippen molar-refractivity contribution in [3.05, 3.63) is 23.2 Å². The molecule has 1 aromatic rings. The van der Waals surface area contributed by atoms with Gasteiger partial charge in [0.1, 0.15) is 0 Å². The minimum Gasteiger partial charge on any atom is -0.399 e. The Labute approximate surface area is 95.0 Å². The summed E-state index contributed by atoms with van der Waals surface area (Å²) < 4.78 is 35.9. The molecule has 0 spiro atoms. The molecule has 0 radical (unpaired) electrons. The highest BCUT2D eigenvalue weighted by molar-refractivity contribution is 6.33. The van der Waals surface area contributed by atoms with E-state index in [4.69, 9.17) is 22.4 Å². The van der Waals surface area contributed by atoms with Gasteiger partial charge >= 0.3 is 6.18 Å². The molecule has 90 valence electrons. The van der Waals surface area contributed by atoms with Crippen molar-refractivity contribution >= 4 is 23.0 Å². The molecule has 0 aliphatic rings. The Morgan fingerprint density at radius 2 is 2.06 bits per heavy atom. The molecule has 0 aromatic heterocycles. The number of aliphatic hydroxyl groups excluding tert-OH is 1. The predicted octanol–water partition coefficient (Wildman–Crippen LogP) is 2.26. The fourth-order valence-electron chi connectivity index (χ4n) is 0.997. The standard InChI is InChI=1S/C9H10ClF3N2O/c10-6-3-5(14)1-2-7(6)15-4-8(16)9(11,12)13/h1-3,8,15-16H,4,14H2. The van der Waals surface area contributed by atoms with E-state index in [0.29, 0.717) is 11.4 Å². The average Bonchev–Trinajstić information content (AvgIpc) is 2.14. The molecule has 7 heteroatoms. The number of nitrogen functional groups attached to an aromatic ring is 1. The average molecular weight is 255 g/mol. The molecule has 1 atom stereocenters. The third-order valence-electron chi connectivity index (χ3n) is 1.86. The minimum atomic E-state index is -4.65. The van der Waals surface area contributed by atoms with Crippen LogP contribution in [-0.4, -0.2) is 23.9 Å². The van der Waals surface area contributed by atoms with Crippen molar-refractivity contribution in [3.63, 3.8) is 0 Å². The summed E-state index contributed by atoms with van der Waals surface area (Å²) >= 11 is 5.72. The lowest BCUT2D eigenvalue weighted by molar-refractivity contribution is -0.198. The third-order valence-corrected chi connectivity index (χ3v) is 2.17. The van der Waals surface area contributed by atoms with Crippen molar-refractivity contribution in [2.45, 2.75) is 12.3 Å². The van der Waals surface area contributed by atoms with Crippen LogP contribution in [-0.2, 0) is 0 Å². The number of nitrogens with two attached hydrogens (primary N) is 1. The van der Waals surface area contributed by atoms with Crippen LogP contribution < -0.4 is 11.1 Å². The lowest BCUT2D eigenvalue weighted by Gasteiger charge is -2.16. The third kappa shape index (κ3) is 3.46. The summed E-state index contributed by atoms with van der Waals surface area (Å²) in [6.45, 7) is -0.660. The lowest BCUT2D eigenvalue weighted by Crippen LogP contribution is -2.35. The van der Waals surface area contributed by atoms with Crippen LogP contribution in [0.15, 0.2) is 18.2 Å². The van der Waals surface area contributed by atoms with Gasteiger partial charge in [-0.2, -0.15) is 13.2 Å². The van der Waals surface area contributed by atoms with E-state index in [0.717, 1.165) is 0 Å². The van der Waals surface area contributed by atoms with E-state index in [-0.39, 0.29) is 5.02 Å². The Balaban J connectivity index is 2.62. The van der Waals surface area contributed by atoms with Crippen molar-refractivity contribution in [2.24, 2.45) is 0 Å². The second-order valence-electron chi connectivity index (χ2n) is 3.18. The maximum absolute atomic E-state index is 12.0. The van der Waals surface area contributed by atoms with Crippen LogP contribution in [0.4, 0.5) is 24.5 Å². The van der Waals surface area contributed by atoms with E-state index in [9.17, 15) is 13.2 Å². The zero-order chi connectivity index (χ0) is 12.3. The fourth-order valence-corrected chi connectivity index (χ4v) is 1.25. The molecule has 4 N–H and O–H groups in total. The first kappa shape index (κ1) is 12.9. The number of hydrogen-bond donors (Lipinski definition) is 3. The highest BCUT2D eigenvalue weighted by atomic mass is 35.5. The quantitative estimate of drug-likeness (QED) is 0.725. The van der Waals surface area contributed by atoms with Crippen LogP contribution in [0.3, 0.4) is 0 Å². The van der Waals surface area contributed by atoms with Gasteiger partial charge in [0.25, 0.3) is 0 Å². The number of aliphatic hydroxyl groups is 1. The van der Waals surface area contributed by atoms with Gasteiger partial charge in [-0.05, 0) is 18.2 Å². The maximum atomic E-state index is 12.0. The number of rotatable bonds is 3. The van der Waals surface area contributed by atoms with Gasteiger partial charge in [0.05, 0.1) is 10.7 Å². The van der Waals surface area contributed by atoms with Crippen LogP contribution >= 0.6 is 11.6 Å². The van der Waals surface area contributed by atoms with Crippen molar-refractivity contribution in [1.82, 2.24) is 0 Å². The van der Waals surface area contributed by atoms with E-state index < -0.39 is 18.8 Å². The van der Waals surface area contributed by atoms with Gasteiger partial charge in [0.2, 0.25) is 0 Å².